The van der Waals surface area contributed by atoms with Crippen molar-refractivity contribution in [3.63, 3.8) is 0 Å². The van der Waals surface area contributed by atoms with Gasteiger partial charge < -0.3 is 10.6 Å². The number of hydrogen-bond donors (Lipinski definition) is 2. The zero-order valence-corrected chi connectivity index (χ0v) is 15.8. The van der Waals surface area contributed by atoms with E-state index >= 15 is 0 Å². The van der Waals surface area contributed by atoms with Crippen LogP contribution in [0.4, 0.5) is 5.69 Å². The Morgan fingerprint density at radius 2 is 2.07 bits per heavy atom. The number of carbonyl (C=O) groups is 2. The van der Waals surface area contributed by atoms with Gasteiger partial charge >= 0.3 is 0 Å². The number of amides is 2. The summed E-state index contributed by atoms with van der Waals surface area (Å²) in [6, 6.07) is 11.2. The molecule has 0 radical (unpaired) electrons. The van der Waals surface area contributed by atoms with Crippen LogP contribution in [-0.4, -0.2) is 28.3 Å². The van der Waals surface area contributed by atoms with Crippen LogP contribution in [-0.2, 0) is 4.79 Å². The zero-order valence-electron chi connectivity index (χ0n) is 14.9. The lowest BCUT2D eigenvalue weighted by Crippen LogP contribution is -2.25. The van der Waals surface area contributed by atoms with E-state index in [-0.39, 0.29) is 11.8 Å². The number of benzene rings is 1. The van der Waals surface area contributed by atoms with E-state index in [2.05, 4.69) is 20.6 Å². The summed E-state index contributed by atoms with van der Waals surface area (Å²) in [7, 11) is 0. The van der Waals surface area contributed by atoms with E-state index in [1.165, 1.54) is 11.3 Å². The predicted molar refractivity (Wildman–Crippen MR) is 107 cm³/mol. The minimum Gasteiger partial charge on any atom is -0.352 e. The second-order valence-electron chi connectivity index (χ2n) is 5.99. The quantitative estimate of drug-likeness (QED) is 0.613. The highest BCUT2D eigenvalue weighted by molar-refractivity contribution is 7.08. The first-order valence-corrected chi connectivity index (χ1v) is 9.56. The number of aromatic nitrogens is 2. The minimum atomic E-state index is -0.107. The molecule has 2 aromatic heterocycles. The van der Waals surface area contributed by atoms with Gasteiger partial charge in [-0.05, 0) is 43.0 Å². The molecular formula is C20H20N4O2S. The fourth-order valence-electron chi connectivity index (χ4n) is 2.54. The topological polar surface area (TPSA) is 84.0 Å². The predicted octanol–water partition coefficient (Wildman–Crippen LogP) is 3.66. The lowest BCUT2D eigenvalue weighted by atomic mass is 10.1. The van der Waals surface area contributed by atoms with Gasteiger partial charge in [-0.2, -0.15) is 11.3 Å². The van der Waals surface area contributed by atoms with E-state index in [1.54, 1.807) is 17.6 Å². The van der Waals surface area contributed by atoms with Crippen LogP contribution in [0.3, 0.4) is 0 Å². The van der Waals surface area contributed by atoms with Crippen LogP contribution in [0, 0.1) is 6.92 Å². The molecule has 0 aliphatic rings. The van der Waals surface area contributed by atoms with Crippen LogP contribution in [0.2, 0.25) is 0 Å². The summed E-state index contributed by atoms with van der Waals surface area (Å²) in [5.74, 6) is 0.506. The van der Waals surface area contributed by atoms with Crippen molar-refractivity contribution < 1.29 is 9.59 Å². The highest BCUT2D eigenvalue weighted by Crippen LogP contribution is 2.20. The lowest BCUT2D eigenvalue weighted by molar-refractivity contribution is -0.116. The average molecular weight is 380 g/mol. The van der Waals surface area contributed by atoms with Crippen molar-refractivity contribution in [2.45, 2.75) is 19.8 Å². The maximum atomic E-state index is 12.1. The molecule has 0 bridgehead atoms. The lowest BCUT2D eigenvalue weighted by Gasteiger charge is -2.08. The van der Waals surface area contributed by atoms with Crippen molar-refractivity contribution in [3.05, 3.63) is 64.7 Å². The van der Waals surface area contributed by atoms with Crippen LogP contribution in [0.1, 0.15) is 29.0 Å². The maximum Gasteiger partial charge on any atom is 0.252 e. The van der Waals surface area contributed by atoms with E-state index in [9.17, 15) is 9.59 Å². The molecule has 3 rings (SSSR count). The van der Waals surface area contributed by atoms with Crippen molar-refractivity contribution in [2.75, 3.05) is 11.9 Å². The number of aryl methyl sites for hydroxylation is 1. The number of nitrogens with one attached hydrogen (secondary N) is 2. The molecule has 6 nitrogen and oxygen atoms in total. The molecular weight excluding hydrogens is 360 g/mol. The van der Waals surface area contributed by atoms with Gasteiger partial charge in [0.05, 0.1) is 5.69 Å². The van der Waals surface area contributed by atoms with E-state index in [0.29, 0.717) is 30.8 Å². The smallest absolute Gasteiger partial charge is 0.252 e. The van der Waals surface area contributed by atoms with Gasteiger partial charge in [0, 0.05) is 41.4 Å². The Kier molecular flexibility index (Phi) is 6.27. The van der Waals surface area contributed by atoms with Crippen molar-refractivity contribution in [3.8, 4) is 11.3 Å². The van der Waals surface area contributed by atoms with Gasteiger partial charge in [0.1, 0.15) is 5.82 Å². The normalized spacial score (nSPS) is 10.4. The number of carbonyl (C=O) groups excluding carboxylic acids is 2. The molecule has 0 aliphatic heterocycles. The molecule has 138 valence electrons. The van der Waals surface area contributed by atoms with Crippen LogP contribution in [0.25, 0.3) is 11.3 Å². The van der Waals surface area contributed by atoms with E-state index in [0.717, 1.165) is 16.9 Å². The Bertz CT molecular complexity index is 925. The van der Waals surface area contributed by atoms with Crippen LogP contribution in [0.5, 0.6) is 0 Å². The summed E-state index contributed by atoms with van der Waals surface area (Å²) >= 11 is 1.48. The molecule has 0 unspecified atom stereocenters. The highest BCUT2D eigenvalue weighted by atomic mass is 32.1. The van der Waals surface area contributed by atoms with Crippen molar-refractivity contribution in [2.24, 2.45) is 0 Å². The summed E-state index contributed by atoms with van der Waals surface area (Å²) in [6.07, 6.45) is 2.63. The molecule has 2 amide bonds. The maximum absolute atomic E-state index is 12.1. The number of rotatable bonds is 7. The summed E-state index contributed by atoms with van der Waals surface area (Å²) < 4.78 is 0. The minimum absolute atomic E-state index is 0.0872. The van der Waals surface area contributed by atoms with Crippen molar-refractivity contribution in [1.82, 2.24) is 15.3 Å². The number of nitrogens with zero attached hydrogens (tertiary/aromatic N) is 2. The monoisotopic (exact) mass is 380 g/mol. The van der Waals surface area contributed by atoms with Gasteiger partial charge in [-0.25, -0.2) is 9.97 Å². The van der Waals surface area contributed by atoms with Gasteiger partial charge in [-0.3, -0.25) is 9.59 Å². The van der Waals surface area contributed by atoms with Crippen molar-refractivity contribution >= 4 is 28.8 Å². The molecule has 0 atom stereocenters. The standard InChI is InChI=1S/C20H20N4O2S/c1-14-21-10-7-18(23-14)15-4-2-5-17(12-15)24-19(25)6-3-9-22-20(26)16-8-11-27-13-16/h2,4-5,7-8,10-13H,3,6,9H2,1H3,(H,22,26)(H,24,25). The van der Waals surface area contributed by atoms with E-state index in [4.69, 9.17) is 0 Å². The summed E-state index contributed by atoms with van der Waals surface area (Å²) in [5.41, 5.74) is 3.10. The third-order valence-electron chi connectivity index (χ3n) is 3.87. The Hall–Kier alpha value is -3.06. The third kappa shape index (κ3) is 5.46. The fraction of sp³-hybridized carbons (Fsp3) is 0.200. The molecule has 3 aromatic rings. The Labute approximate surface area is 161 Å². The highest BCUT2D eigenvalue weighted by Gasteiger charge is 2.07. The van der Waals surface area contributed by atoms with Gasteiger partial charge in [0.2, 0.25) is 5.91 Å². The second kappa shape index (κ2) is 9.05. The second-order valence-corrected chi connectivity index (χ2v) is 6.77. The molecule has 0 fully saturated rings. The summed E-state index contributed by atoms with van der Waals surface area (Å²) in [5, 5.41) is 9.36. The molecule has 2 N–H and O–H groups in total. The Balaban J connectivity index is 1.48. The molecule has 1 aromatic carbocycles. The van der Waals surface area contributed by atoms with Crippen LogP contribution in [0.15, 0.2) is 53.4 Å². The van der Waals surface area contributed by atoms with Gasteiger partial charge in [0.25, 0.3) is 5.91 Å². The number of hydrogen-bond acceptors (Lipinski definition) is 5. The van der Waals surface area contributed by atoms with Crippen molar-refractivity contribution in [1.29, 1.82) is 0 Å². The SMILES string of the molecule is Cc1nccc(-c2cccc(NC(=O)CCCNC(=O)c3ccsc3)c2)n1. The molecule has 0 saturated heterocycles. The van der Waals surface area contributed by atoms with Gasteiger partial charge in [-0.1, -0.05) is 12.1 Å². The average Bonchev–Trinajstić information content (AvgIpc) is 3.20. The number of thiophene rings is 1. The van der Waals surface area contributed by atoms with Gasteiger partial charge in [-0.15, -0.1) is 0 Å². The summed E-state index contributed by atoms with van der Waals surface area (Å²) in [6.45, 7) is 2.30. The first-order chi connectivity index (χ1) is 13.1. The molecule has 7 heteroatoms. The molecule has 0 saturated carbocycles. The Morgan fingerprint density at radius 3 is 2.85 bits per heavy atom. The first-order valence-electron chi connectivity index (χ1n) is 8.62. The third-order valence-corrected chi connectivity index (χ3v) is 4.55. The number of anilines is 1. The van der Waals surface area contributed by atoms with E-state index < -0.39 is 0 Å². The molecule has 27 heavy (non-hydrogen) atoms. The molecule has 0 aliphatic carbocycles. The van der Waals surface area contributed by atoms with Crippen LogP contribution >= 0.6 is 11.3 Å². The molecule has 0 spiro atoms. The van der Waals surface area contributed by atoms with Crippen LogP contribution < -0.4 is 10.6 Å². The summed E-state index contributed by atoms with van der Waals surface area (Å²) in [4.78, 5) is 32.5. The Morgan fingerprint density at radius 1 is 1.19 bits per heavy atom. The largest absolute Gasteiger partial charge is 0.352 e. The van der Waals surface area contributed by atoms with Gasteiger partial charge in [0.15, 0.2) is 0 Å². The first kappa shape index (κ1) is 18.7. The zero-order chi connectivity index (χ0) is 19.1. The molecule has 2 heterocycles. The van der Waals surface area contributed by atoms with E-state index in [1.807, 2.05) is 42.6 Å². The fourth-order valence-corrected chi connectivity index (χ4v) is 3.18.